The molecule has 1 saturated heterocycles. The van der Waals surface area contributed by atoms with Crippen molar-refractivity contribution in [2.75, 3.05) is 25.0 Å². The summed E-state index contributed by atoms with van der Waals surface area (Å²) >= 11 is 0. The lowest BCUT2D eigenvalue weighted by Gasteiger charge is -2.14. The van der Waals surface area contributed by atoms with E-state index in [-0.39, 0.29) is 5.91 Å². The summed E-state index contributed by atoms with van der Waals surface area (Å²) in [6.07, 6.45) is 9.20. The smallest absolute Gasteiger partial charge is 0.255 e. The van der Waals surface area contributed by atoms with Gasteiger partial charge in [-0.15, -0.1) is 0 Å². The molecule has 1 N–H and O–H groups in total. The van der Waals surface area contributed by atoms with Gasteiger partial charge in [-0.1, -0.05) is 24.3 Å². The highest BCUT2D eigenvalue weighted by Gasteiger charge is 2.11. The summed E-state index contributed by atoms with van der Waals surface area (Å²) in [5, 5.41) is 2.98. The zero-order chi connectivity index (χ0) is 19.2. The molecule has 1 aliphatic rings. The lowest BCUT2D eigenvalue weighted by Crippen LogP contribution is -2.21. The molecule has 1 aromatic heterocycles. The van der Waals surface area contributed by atoms with Crippen LogP contribution in [0.25, 0.3) is 0 Å². The maximum Gasteiger partial charge on any atom is 0.255 e. The highest BCUT2D eigenvalue weighted by Crippen LogP contribution is 2.14. The minimum atomic E-state index is -0.0843. The van der Waals surface area contributed by atoms with Gasteiger partial charge in [0.1, 0.15) is 0 Å². The van der Waals surface area contributed by atoms with E-state index in [9.17, 15) is 4.79 Å². The molecule has 2 aromatic carbocycles. The number of rotatable bonds is 7. The van der Waals surface area contributed by atoms with Gasteiger partial charge in [0.2, 0.25) is 0 Å². The summed E-state index contributed by atoms with van der Waals surface area (Å²) in [7, 11) is 0. The van der Waals surface area contributed by atoms with E-state index in [4.69, 9.17) is 0 Å². The average molecular weight is 374 g/mol. The van der Waals surface area contributed by atoms with Crippen molar-refractivity contribution in [3.05, 3.63) is 83.9 Å². The summed E-state index contributed by atoms with van der Waals surface area (Å²) in [6, 6.07) is 15.9. The van der Waals surface area contributed by atoms with Gasteiger partial charge >= 0.3 is 0 Å². The summed E-state index contributed by atoms with van der Waals surface area (Å²) in [5.41, 5.74) is 3.94. The quantitative estimate of drug-likeness (QED) is 0.684. The van der Waals surface area contributed by atoms with E-state index in [1.807, 2.05) is 47.2 Å². The maximum absolute atomic E-state index is 12.5. The van der Waals surface area contributed by atoms with Gasteiger partial charge in [0.15, 0.2) is 0 Å². The molecule has 28 heavy (non-hydrogen) atoms. The monoisotopic (exact) mass is 374 g/mol. The molecule has 1 fully saturated rings. The third-order valence-corrected chi connectivity index (χ3v) is 5.27. The van der Waals surface area contributed by atoms with E-state index in [1.54, 1.807) is 12.5 Å². The zero-order valence-electron chi connectivity index (χ0n) is 16.1. The Morgan fingerprint density at radius 1 is 0.964 bits per heavy atom. The van der Waals surface area contributed by atoms with Gasteiger partial charge in [0.05, 0.1) is 6.33 Å². The van der Waals surface area contributed by atoms with Crippen molar-refractivity contribution in [2.24, 2.45) is 0 Å². The number of nitrogens with zero attached hydrogens (tertiary/aromatic N) is 3. The van der Waals surface area contributed by atoms with Gasteiger partial charge in [0, 0.05) is 36.7 Å². The molecule has 4 rings (SSSR count). The van der Waals surface area contributed by atoms with E-state index < -0.39 is 0 Å². The van der Waals surface area contributed by atoms with Gasteiger partial charge in [-0.25, -0.2) is 4.98 Å². The van der Waals surface area contributed by atoms with Gasteiger partial charge < -0.3 is 14.8 Å². The number of imidazole rings is 1. The third kappa shape index (κ3) is 4.87. The fraction of sp³-hybridized carbons (Fsp3) is 0.304. The number of carbonyl (C=O) groups excluding carboxylic acids is 1. The molecule has 1 aliphatic heterocycles. The number of benzene rings is 2. The molecule has 0 radical (unpaired) electrons. The number of hydrogen-bond donors (Lipinski definition) is 1. The lowest BCUT2D eigenvalue weighted by atomic mass is 10.1. The van der Waals surface area contributed by atoms with Crippen LogP contribution in [0.2, 0.25) is 0 Å². The number of carbonyl (C=O) groups is 1. The van der Waals surface area contributed by atoms with Crippen LogP contribution >= 0.6 is 0 Å². The summed E-state index contributed by atoms with van der Waals surface area (Å²) in [6.45, 7) is 4.34. The molecule has 3 aromatic rings. The van der Waals surface area contributed by atoms with E-state index in [1.165, 1.54) is 31.5 Å². The van der Waals surface area contributed by atoms with Gasteiger partial charge in [-0.2, -0.15) is 0 Å². The van der Waals surface area contributed by atoms with Crippen LogP contribution in [0.4, 0.5) is 5.69 Å². The van der Waals surface area contributed by atoms with Crippen molar-refractivity contribution in [3.63, 3.8) is 0 Å². The topological polar surface area (TPSA) is 50.2 Å². The molecule has 5 nitrogen and oxygen atoms in total. The molecule has 0 unspecified atom stereocenters. The van der Waals surface area contributed by atoms with E-state index >= 15 is 0 Å². The fourth-order valence-electron chi connectivity index (χ4n) is 3.60. The first-order chi connectivity index (χ1) is 13.8. The minimum Gasteiger partial charge on any atom is -0.333 e. The summed E-state index contributed by atoms with van der Waals surface area (Å²) in [4.78, 5) is 19.1. The Labute approximate surface area is 166 Å². The molecule has 0 spiro atoms. The van der Waals surface area contributed by atoms with Crippen LogP contribution < -0.4 is 5.32 Å². The number of likely N-dealkylation sites (tertiary alicyclic amines) is 1. The number of hydrogen-bond acceptors (Lipinski definition) is 3. The predicted molar refractivity (Wildman–Crippen MR) is 112 cm³/mol. The first kappa shape index (κ1) is 18.4. The second-order valence-electron chi connectivity index (χ2n) is 7.38. The van der Waals surface area contributed by atoms with E-state index in [0.717, 1.165) is 30.8 Å². The summed E-state index contributed by atoms with van der Waals surface area (Å²) < 4.78 is 2.00. The minimum absolute atomic E-state index is 0.0843. The van der Waals surface area contributed by atoms with Crippen molar-refractivity contribution in [3.8, 4) is 0 Å². The van der Waals surface area contributed by atoms with E-state index in [0.29, 0.717) is 5.56 Å². The van der Waals surface area contributed by atoms with Gasteiger partial charge in [0.25, 0.3) is 5.91 Å². The Kier molecular flexibility index (Phi) is 5.83. The Bertz CT molecular complexity index is 879. The molecular weight excluding hydrogens is 348 g/mol. The van der Waals surface area contributed by atoms with Crippen LogP contribution in [0.1, 0.15) is 34.3 Å². The van der Waals surface area contributed by atoms with Crippen molar-refractivity contribution < 1.29 is 4.79 Å². The normalized spacial score (nSPS) is 14.3. The first-order valence-corrected chi connectivity index (χ1v) is 9.94. The van der Waals surface area contributed by atoms with Crippen LogP contribution in [-0.4, -0.2) is 40.0 Å². The Morgan fingerprint density at radius 3 is 2.36 bits per heavy atom. The van der Waals surface area contributed by atoms with Crippen LogP contribution in [0.3, 0.4) is 0 Å². The molecule has 0 saturated carbocycles. The first-order valence-electron chi connectivity index (χ1n) is 9.94. The van der Waals surface area contributed by atoms with Gasteiger partial charge in [-0.3, -0.25) is 4.79 Å². The van der Waals surface area contributed by atoms with Crippen molar-refractivity contribution in [1.29, 1.82) is 0 Å². The van der Waals surface area contributed by atoms with Crippen molar-refractivity contribution >= 4 is 11.6 Å². The van der Waals surface area contributed by atoms with Crippen molar-refractivity contribution in [1.82, 2.24) is 14.5 Å². The summed E-state index contributed by atoms with van der Waals surface area (Å²) in [5.74, 6) is -0.0843. The van der Waals surface area contributed by atoms with Gasteiger partial charge in [-0.05, 0) is 67.7 Å². The Hall–Kier alpha value is -2.92. The standard InChI is InChI=1S/C23H26N4O/c28-23(21-7-3-20(4-8-21)17-27-16-12-24-18-27)25-22-9-5-19(6-10-22)11-15-26-13-1-2-14-26/h3-10,12,16,18H,1-2,11,13-15,17H2,(H,25,28). The molecule has 2 heterocycles. The largest absolute Gasteiger partial charge is 0.333 e. The second-order valence-corrected chi connectivity index (χ2v) is 7.38. The average Bonchev–Trinajstić information content (AvgIpc) is 3.42. The Balaban J connectivity index is 1.30. The molecular formula is C23H26N4O. The number of anilines is 1. The SMILES string of the molecule is O=C(Nc1ccc(CCN2CCCC2)cc1)c1ccc(Cn2ccnc2)cc1. The molecule has 0 atom stereocenters. The predicted octanol–water partition coefficient (Wildman–Crippen LogP) is 3.82. The second kappa shape index (κ2) is 8.85. The third-order valence-electron chi connectivity index (χ3n) is 5.27. The maximum atomic E-state index is 12.5. The number of aromatic nitrogens is 2. The van der Waals surface area contributed by atoms with Crippen LogP contribution in [-0.2, 0) is 13.0 Å². The highest BCUT2D eigenvalue weighted by atomic mass is 16.1. The molecule has 0 bridgehead atoms. The highest BCUT2D eigenvalue weighted by molar-refractivity contribution is 6.04. The lowest BCUT2D eigenvalue weighted by molar-refractivity contribution is 0.102. The van der Waals surface area contributed by atoms with Crippen molar-refractivity contribution in [2.45, 2.75) is 25.8 Å². The Morgan fingerprint density at radius 2 is 1.68 bits per heavy atom. The number of amides is 1. The van der Waals surface area contributed by atoms with E-state index in [2.05, 4.69) is 27.3 Å². The van der Waals surface area contributed by atoms with Crippen LogP contribution in [0.5, 0.6) is 0 Å². The zero-order valence-corrected chi connectivity index (χ0v) is 16.1. The van der Waals surface area contributed by atoms with Crippen LogP contribution in [0.15, 0.2) is 67.3 Å². The fourth-order valence-corrected chi connectivity index (χ4v) is 3.60. The number of nitrogens with one attached hydrogen (secondary N) is 1. The molecule has 5 heteroatoms. The molecule has 0 aliphatic carbocycles. The molecule has 1 amide bonds. The molecule has 144 valence electrons. The van der Waals surface area contributed by atoms with Crippen LogP contribution in [0, 0.1) is 0 Å².